The van der Waals surface area contributed by atoms with E-state index < -0.39 is 10.2 Å². The minimum atomic E-state index is -3.39. The number of hydrogen-bond donors (Lipinski definition) is 2. The van der Waals surface area contributed by atoms with Crippen LogP contribution in [-0.2, 0) is 16.8 Å². The first-order chi connectivity index (χ1) is 7.95. The Morgan fingerprint density at radius 2 is 2.18 bits per heavy atom. The van der Waals surface area contributed by atoms with Crippen LogP contribution in [0.5, 0.6) is 0 Å². The second-order valence-electron chi connectivity index (χ2n) is 3.33. The summed E-state index contributed by atoms with van der Waals surface area (Å²) in [6.45, 7) is 0.0620. The van der Waals surface area contributed by atoms with E-state index in [0.717, 1.165) is 14.1 Å². The van der Waals surface area contributed by atoms with E-state index in [1.165, 1.54) is 25.4 Å². The highest BCUT2D eigenvalue weighted by molar-refractivity contribution is 7.87. The van der Waals surface area contributed by atoms with Gasteiger partial charge in [0.1, 0.15) is 6.61 Å². The molecule has 0 aliphatic heterocycles. The summed E-state index contributed by atoms with van der Waals surface area (Å²) in [6.07, 6.45) is 0. The predicted molar refractivity (Wildman–Crippen MR) is 67.7 cm³/mol. The fourth-order valence-corrected chi connectivity index (χ4v) is 2.47. The van der Waals surface area contributed by atoms with Crippen molar-refractivity contribution in [2.75, 3.05) is 20.7 Å². The summed E-state index contributed by atoms with van der Waals surface area (Å²) in [5, 5.41) is 8.54. The molecule has 0 unspecified atom stereocenters. The fraction of sp³-hybridized carbons (Fsp3) is 0.400. The molecule has 0 amide bonds. The Bertz CT molecular complexity index is 523. The fourth-order valence-electron chi connectivity index (χ4n) is 0.958. The molecule has 1 heterocycles. The third-order valence-corrected chi connectivity index (χ3v) is 4.33. The summed E-state index contributed by atoms with van der Waals surface area (Å²) in [5.74, 6) is 5.30. The molecule has 5 nitrogen and oxygen atoms in total. The van der Waals surface area contributed by atoms with Crippen LogP contribution in [0.25, 0.3) is 0 Å². The molecule has 0 bridgehead atoms. The monoisotopic (exact) mass is 274 g/mol. The lowest BCUT2D eigenvalue weighted by atomic mass is 10.4. The van der Waals surface area contributed by atoms with Crippen LogP contribution in [0.2, 0.25) is 0 Å². The quantitative estimate of drug-likeness (QED) is 0.759. The van der Waals surface area contributed by atoms with Crippen molar-refractivity contribution in [2.24, 2.45) is 0 Å². The standard InChI is InChI=1S/C10H14N2O3S2/c1-12(2)17(14,15)11-8-10-6-5-9(16-10)4-3-7-13/h5-6,11,13H,7-8H2,1-2H3. The lowest BCUT2D eigenvalue weighted by Crippen LogP contribution is -2.34. The predicted octanol–water partition coefficient (Wildman–Crippen LogP) is -0.0121. The Balaban J connectivity index is 2.62. The van der Waals surface area contributed by atoms with Crippen molar-refractivity contribution < 1.29 is 13.5 Å². The highest BCUT2D eigenvalue weighted by atomic mass is 32.2. The van der Waals surface area contributed by atoms with Gasteiger partial charge in [0, 0.05) is 25.5 Å². The van der Waals surface area contributed by atoms with Crippen LogP contribution in [-0.4, -0.2) is 38.5 Å². The van der Waals surface area contributed by atoms with Crippen LogP contribution in [0.4, 0.5) is 0 Å². The zero-order valence-electron chi connectivity index (χ0n) is 9.60. The molecule has 1 aromatic rings. The molecule has 0 radical (unpaired) electrons. The first-order valence-electron chi connectivity index (χ1n) is 4.81. The summed E-state index contributed by atoms with van der Waals surface area (Å²) in [4.78, 5) is 1.68. The van der Waals surface area contributed by atoms with Crippen molar-refractivity contribution in [1.29, 1.82) is 0 Å². The number of nitrogens with one attached hydrogen (secondary N) is 1. The van der Waals surface area contributed by atoms with Gasteiger partial charge in [-0.2, -0.15) is 17.4 Å². The molecule has 7 heteroatoms. The number of thiophene rings is 1. The van der Waals surface area contributed by atoms with Crippen molar-refractivity contribution in [3.05, 3.63) is 21.9 Å². The van der Waals surface area contributed by atoms with Crippen molar-refractivity contribution in [3.8, 4) is 11.8 Å². The smallest absolute Gasteiger partial charge is 0.279 e. The van der Waals surface area contributed by atoms with E-state index >= 15 is 0 Å². The van der Waals surface area contributed by atoms with E-state index in [4.69, 9.17) is 5.11 Å². The topological polar surface area (TPSA) is 69.6 Å². The first-order valence-corrected chi connectivity index (χ1v) is 7.07. The van der Waals surface area contributed by atoms with Crippen LogP contribution >= 0.6 is 11.3 Å². The number of nitrogens with zero attached hydrogens (tertiary/aromatic N) is 1. The lowest BCUT2D eigenvalue weighted by Gasteiger charge is -2.11. The number of hydrogen-bond acceptors (Lipinski definition) is 4. The SMILES string of the molecule is CN(C)S(=O)(=O)NCc1ccc(C#CCO)s1. The van der Waals surface area contributed by atoms with Crippen LogP contribution in [0.3, 0.4) is 0 Å². The molecule has 0 aliphatic rings. The second-order valence-corrected chi connectivity index (χ2v) is 6.47. The molecule has 17 heavy (non-hydrogen) atoms. The third kappa shape index (κ3) is 4.46. The van der Waals surface area contributed by atoms with Crippen molar-refractivity contribution in [3.63, 3.8) is 0 Å². The molecule has 2 N–H and O–H groups in total. The van der Waals surface area contributed by atoms with Crippen LogP contribution in [0.15, 0.2) is 12.1 Å². The minimum Gasteiger partial charge on any atom is -0.384 e. The number of aliphatic hydroxyl groups excluding tert-OH is 1. The van der Waals surface area contributed by atoms with Gasteiger partial charge in [-0.25, -0.2) is 0 Å². The Hall–Kier alpha value is -0.910. The highest BCUT2D eigenvalue weighted by Gasteiger charge is 2.12. The van der Waals surface area contributed by atoms with Gasteiger partial charge in [-0.3, -0.25) is 0 Å². The maximum absolute atomic E-state index is 11.4. The average Bonchev–Trinajstić information content (AvgIpc) is 2.71. The highest BCUT2D eigenvalue weighted by Crippen LogP contribution is 2.15. The number of rotatable bonds is 4. The summed E-state index contributed by atoms with van der Waals surface area (Å²) in [6, 6.07) is 3.61. The summed E-state index contributed by atoms with van der Waals surface area (Å²) < 4.78 is 26.5. The molecular weight excluding hydrogens is 260 g/mol. The molecule has 1 rings (SSSR count). The summed E-state index contributed by atoms with van der Waals surface area (Å²) >= 11 is 1.40. The van der Waals surface area contributed by atoms with Gasteiger partial charge in [-0.15, -0.1) is 11.3 Å². The Morgan fingerprint density at radius 3 is 2.76 bits per heavy atom. The summed E-state index contributed by atoms with van der Waals surface area (Å²) in [7, 11) is -0.456. The molecule has 0 saturated heterocycles. The molecule has 0 fully saturated rings. The maximum Gasteiger partial charge on any atom is 0.279 e. The van der Waals surface area contributed by atoms with E-state index in [9.17, 15) is 8.42 Å². The van der Waals surface area contributed by atoms with Gasteiger partial charge in [0.25, 0.3) is 10.2 Å². The van der Waals surface area contributed by atoms with Gasteiger partial charge in [0.05, 0.1) is 4.88 Å². The lowest BCUT2D eigenvalue weighted by molar-refractivity contribution is 0.350. The largest absolute Gasteiger partial charge is 0.384 e. The minimum absolute atomic E-state index is 0.180. The Morgan fingerprint density at radius 1 is 1.47 bits per heavy atom. The Kier molecular flexibility index (Phi) is 5.11. The molecule has 0 saturated carbocycles. The molecule has 1 aromatic heterocycles. The van der Waals surface area contributed by atoms with Gasteiger partial charge in [0.2, 0.25) is 0 Å². The normalized spacial score (nSPS) is 11.3. The zero-order valence-corrected chi connectivity index (χ0v) is 11.2. The average molecular weight is 274 g/mol. The van der Waals surface area contributed by atoms with Gasteiger partial charge >= 0.3 is 0 Å². The van der Waals surface area contributed by atoms with E-state index in [1.54, 1.807) is 6.07 Å². The molecule has 94 valence electrons. The summed E-state index contributed by atoms with van der Waals surface area (Å²) in [5.41, 5.74) is 0. The molecular formula is C10H14N2O3S2. The van der Waals surface area contributed by atoms with Crippen LogP contribution < -0.4 is 4.72 Å². The van der Waals surface area contributed by atoms with Crippen LogP contribution in [0.1, 0.15) is 9.75 Å². The van der Waals surface area contributed by atoms with Gasteiger partial charge in [-0.05, 0) is 12.1 Å². The van der Waals surface area contributed by atoms with Crippen molar-refractivity contribution in [1.82, 2.24) is 9.03 Å². The van der Waals surface area contributed by atoms with Crippen molar-refractivity contribution in [2.45, 2.75) is 6.54 Å². The van der Waals surface area contributed by atoms with E-state index in [1.807, 2.05) is 6.07 Å². The van der Waals surface area contributed by atoms with E-state index in [2.05, 4.69) is 16.6 Å². The van der Waals surface area contributed by atoms with Gasteiger partial charge < -0.3 is 5.11 Å². The van der Waals surface area contributed by atoms with Gasteiger partial charge in [0.15, 0.2) is 0 Å². The first kappa shape index (κ1) is 14.2. The number of aliphatic hydroxyl groups is 1. The second kappa shape index (κ2) is 6.14. The van der Waals surface area contributed by atoms with Gasteiger partial charge in [-0.1, -0.05) is 11.8 Å². The zero-order chi connectivity index (χ0) is 12.9. The third-order valence-electron chi connectivity index (χ3n) is 1.86. The van der Waals surface area contributed by atoms with E-state index in [-0.39, 0.29) is 13.2 Å². The Labute approximate surface area is 105 Å². The molecule has 0 aromatic carbocycles. The van der Waals surface area contributed by atoms with Crippen molar-refractivity contribution >= 4 is 21.5 Å². The van der Waals surface area contributed by atoms with E-state index in [0.29, 0.717) is 0 Å². The maximum atomic E-state index is 11.4. The molecule has 0 aliphatic carbocycles. The van der Waals surface area contributed by atoms with Crippen LogP contribution in [0, 0.1) is 11.8 Å². The molecule has 0 spiro atoms. The molecule has 0 atom stereocenters.